The number of anilines is 2. The van der Waals surface area contributed by atoms with Gasteiger partial charge in [0.2, 0.25) is 5.91 Å². The molecule has 0 saturated heterocycles. The predicted octanol–water partition coefficient (Wildman–Crippen LogP) is 0.964. The van der Waals surface area contributed by atoms with Gasteiger partial charge in [-0.05, 0) is 31.2 Å². The largest absolute Gasteiger partial charge is 0.384 e. The molecule has 1 atom stereocenters. The van der Waals surface area contributed by atoms with Gasteiger partial charge >= 0.3 is 0 Å². The Hall–Kier alpha value is -1.88. The van der Waals surface area contributed by atoms with E-state index in [0.29, 0.717) is 11.4 Å². The molecule has 86 valence electrons. The van der Waals surface area contributed by atoms with E-state index in [0.717, 1.165) is 0 Å². The highest BCUT2D eigenvalue weighted by atomic mass is 16.3. The Labute approximate surface area is 93.5 Å². The molecule has 5 nitrogen and oxygen atoms in total. The smallest absolute Gasteiger partial charge is 0.252 e. The zero-order chi connectivity index (χ0) is 12.1. The standard InChI is InChI=1S/C11H14N2O3/c1-7(14)11(16)13-10-5-3-9(4-6-10)12-8(2)15/h3-7,14H,1-2H3,(H,12,15)(H,13,16). The lowest BCUT2D eigenvalue weighted by molar-refractivity contribution is -0.123. The number of aliphatic hydroxyl groups is 1. The molecule has 0 radical (unpaired) electrons. The highest BCUT2D eigenvalue weighted by Crippen LogP contribution is 2.13. The Balaban J connectivity index is 2.64. The minimum absolute atomic E-state index is 0.152. The molecule has 0 aromatic heterocycles. The summed E-state index contributed by atoms with van der Waals surface area (Å²) >= 11 is 0. The van der Waals surface area contributed by atoms with E-state index in [4.69, 9.17) is 5.11 Å². The zero-order valence-corrected chi connectivity index (χ0v) is 9.15. The van der Waals surface area contributed by atoms with Crippen LogP contribution in [0.15, 0.2) is 24.3 Å². The molecular weight excluding hydrogens is 208 g/mol. The van der Waals surface area contributed by atoms with Crippen LogP contribution in [0.25, 0.3) is 0 Å². The summed E-state index contributed by atoms with van der Waals surface area (Å²) in [6.45, 7) is 2.81. The molecule has 2 amide bonds. The van der Waals surface area contributed by atoms with E-state index in [2.05, 4.69) is 10.6 Å². The second-order valence-corrected chi connectivity index (χ2v) is 3.42. The molecule has 0 spiro atoms. The molecule has 0 saturated carbocycles. The second-order valence-electron chi connectivity index (χ2n) is 3.42. The topological polar surface area (TPSA) is 78.4 Å². The Morgan fingerprint density at radius 2 is 1.56 bits per heavy atom. The van der Waals surface area contributed by atoms with Crippen LogP contribution in [0.2, 0.25) is 0 Å². The predicted molar refractivity (Wildman–Crippen MR) is 61.1 cm³/mol. The average Bonchev–Trinajstić information content (AvgIpc) is 2.20. The second kappa shape index (κ2) is 5.27. The van der Waals surface area contributed by atoms with Crippen molar-refractivity contribution >= 4 is 23.2 Å². The van der Waals surface area contributed by atoms with Crippen molar-refractivity contribution in [2.24, 2.45) is 0 Å². The van der Waals surface area contributed by atoms with Crippen molar-refractivity contribution in [3.8, 4) is 0 Å². The zero-order valence-electron chi connectivity index (χ0n) is 9.15. The lowest BCUT2D eigenvalue weighted by atomic mass is 10.2. The number of nitrogens with one attached hydrogen (secondary N) is 2. The van der Waals surface area contributed by atoms with E-state index in [-0.39, 0.29) is 5.91 Å². The van der Waals surface area contributed by atoms with Crippen LogP contribution in [-0.2, 0) is 9.59 Å². The highest BCUT2D eigenvalue weighted by molar-refractivity contribution is 5.94. The molecule has 1 aromatic carbocycles. The number of aliphatic hydroxyl groups excluding tert-OH is 1. The van der Waals surface area contributed by atoms with Gasteiger partial charge in [0.15, 0.2) is 0 Å². The lowest BCUT2D eigenvalue weighted by Crippen LogP contribution is -2.24. The number of hydrogen-bond donors (Lipinski definition) is 3. The SMILES string of the molecule is CC(=O)Nc1ccc(NC(=O)C(C)O)cc1. The summed E-state index contributed by atoms with van der Waals surface area (Å²) in [5.41, 5.74) is 1.22. The minimum Gasteiger partial charge on any atom is -0.384 e. The molecule has 16 heavy (non-hydrogen) atoms. The normalized spacial score (nSPS) is 11.7. The van der Waals surface area contributed by atoms with E-state index in [9.17, 15) is 9.59 Å². The van der Waals surface area contributed by atoms with Gasteiger partial charge in [0, 0.05) is 18.3 Å². The molecule has 1 aromatic rings. The fraction of sp³-hybridized carbons (Fsp3) is 0.273. The number of amides is 2. The van der Waals surface area contributed by atoms with Crippen molar-refractivity contribution in [3.63, 3.8) is 0 Å². The average molecular weight is 222 g/mol. The van der Waals surface area contributed by atoms with E-state index < -0.39 is 12.0 Å². The van der Waals surface area contributed by atoms with Crippen molar-refractivity contribution in [2.75, 3.05) is 10.6 Å². The third-order valence-corrected chi connectivity index (χ3v) is 1.85. The van der Waals surface area contributed by atoms with Crippen LogP contribution in [0, 0.1) is 0 Å². The van der Waals surface area contributed by atoms with Gasteiger partial charge in [-0.3, -0.25) is 9.59 Å². The van der Waals surface area contributed by atoms with E-state index >= 15 is 0 Å². The number of rotatable bonds is 3. The molecule has 0 aliphatic rings. The Kier molecular flexibility index (Phi) is 4.02. The molecule has 0 aliphatic heterocycles. The molecular formula is C11H14N2O3. The maximum atomic E-state index is 11.1. The van der Waals surface area contributed by atoms with Crippen LogP contribution in [-0.4, -0.2) is 23.0 Å². The molecule has 0 heterocycles. The first kappa shape index (κ1) is 12.2. The molecule has 0 fully saturated rings. The summed E-state index contributed by atoms with van der Waals surface area (Å²) in [5, 5.41) is 14.1. The van der Waals surface area contributed by atoms with Crippen LogP contribution >= 0.6 is 0 Å². The van der Waals surface area contributed by atoms with Crippen molar-refractivity contribution in [2.45, 2.75) is 20.0 Å². The summed E-state index contributed by atoms with van der Waals surface area (Å²) in [7, 11) is 0. The van der Waals surface area contributed by atoms with Crippen molar-refractivity contribution < 1.29 is 14.7 Å². The van der Waals surface area contributed by atoms with Crippen molar-refractivity contribution in [1.82, 2.24) is 0 Å². The Morgan fingerprint density at radius 3 is 1.94 bits per heavy atom. The fourth-order valence-electron chi connectivity index (χ4n) is 1.09. The van der Waals surface area contributed by atoms with E-state index in [1.807, 2.05) is 0 Å². The quantitative estimate of drug-likeness (QED) is 0.712. The molecule has 0 aliphatic carbocycles. The first-order chi connectivity index (χ1) is 7.49. The van der Waals surface area contributed by atoms with Gasteiger partial charge in [0.25, 0.3) is 5.91 Å². The lowest BCUT2D eigenvalue weighted by Gasteiger charge is -2.08. The van der Waals surface area contributed by atoms with Gasteiger partial charge in [0.1, 0.15) is 6.10 Å². The van der Waals surface area contributed by atoms with Gasteiger partial charge in [-0.25, -0.2) is 0 Å². The van der Waals surface area contributed by atoms with Crippen LogP contribution < -0.4 is 10.6 Å². The van der Waals surface area contributed by atoms with Crippen LogP contribution in [0.3, 0.4) is 0 Å². The summed E-state index contributed by atoms with van der Waals surface area (Å²) in [6.07, 6.45) is -1.05. The van der Waals surface area contributed by atoms with Crippen LogP contribution in [0.1, 0.15) is 13.8 Å². The number of carbonyl (C=O) groups is 2. The van der Waals surface area contributed by atoms with Crippen molar-refractivity contribution in [3.05, 3.63) is 24.3 Å². The van der Waals surface area contributed by atoms with Crippen LogP contribution in [0.4, 0.5) is 11.4 Å². The Morgan fingerprint density at radius 1 is 1.12 bits per heavy atom. The molecule has 3 N–H and O–H groups in total. The third kappa shape index (κ3) is 3.70. The first-order valence-electron chi connectivity index (χ1n) is 4.85. The third-order valence-electron chi connectivity index (χ3n) is 1.85. The minimum atomic E-state index is -1.05. The monoisotopic (exact) mass is 222 g/mol. The van der Waals surface area contributed by atoms with Gasteiger partial charge in [-0.2, -0.15) is 0 Å². The summed E-state index contributed by atoms with van der Waals surface area (Å²) in [6, 6.07) is 6.62. The summed E-state index contributed by atoms with van der Waals surface area (Å²) in [4.78, 5) is 21.9. The molecule has 1 rings (SSSR count). The number of benzene rings is 1. The van der Waals surface area contributed by atoms with Crippen molar-refractivity contribution in [1.29, 1.82) is 0 Å². The first-order valence-corrected chi connectivity index (χ1v) is 4.85. The number of carbonyl (C=O) groups excluding carboxylic acids is 2. The van der Waals surface area contributed by atoms with E-state index in [1.165, 1.54) is 13.8 Å². The Bertz CT molecular complexity index is 385. The van der Waals surface area contributed by atoms with Gasteiger partial charge in [-0.1, -0.05) is 0 Å². The fourth-order valence-corrected chi connectivity index (χ4v) is 1.09. The van der Waals surface area contributed by atoms with E-state index in [1.54, 1.807) is 24.3 Å². The number of hydrogen-bond acceptors (Lipinski definition) is 3. The van der Waals surface area contributed by atoms with Gasteiger partial charge in [0.05, 0.1) is 0 Å². The van der Waals surface area contributed by atoms with Gasteiger partial charge < -0.3 is 15.7 Å². The molecule has 0 bridgehead atoms. The summed E-state index contributed by atoms with van der Waals surface area (Å²) < 4.78 is 0. The maximum absolute atomic E-state index is 11.1. The molecule has 5 heteroatoms. The molecule has 1 unspecified atom stereocenters. The van der Waals surface area contributed by atoms with Gasteiger partial charge in [-0.15, -0.1) is 0 Å². The maximum Gasteiger partial charge on any atom is 0.252 e. The summed E-state index contributed by atoms with van der Waals surface area (Å²) in [5.74, 6) is -0.618. The highest BCUT2D eigenvalue weighted by Gasteiger charge is 2.08. The van der Waals surface area contributed by atoms with Crippen LogP contribution in [0.5, 0.6) is 0 Å².